The van der Waals surface area contributed by atoms with Crippen LogP contribution in [0.25, 0.3) is 0 Å². The minimum absolute atomic E-state index is 0.0283. The van der Waals surface area contributed by atoms with Crippen molar-refractivity contribution in [3.8, 4) is 17.2 Å². The standard InChI is InChI=1S/C20H23N3O3S.C19H21N3O3S.C14H12N2O2S.C6H13NO2/c1-3-5-17(21-2)20(25)22-13-6-4-7-14(10-13)27-15-8-9-16-18(11-15)26-12-19(24)23-16;1-2-4-15(20)19(24)21-12-5-3-6-13(9-12)26-14-7-8-16-17(10-14)25-11-18(23)22-16;15-9-2-1-3-10(6-9)19-11-4-5-12-13(7-11)18-8-14(17)16-12;1-3-4-5(7-2)6(8)9/h4,6-11,17,21H,3,5,12H2,1-2H3,(H,22,25)(H,23,24);3,5-10,15H,2,4,11,20H2,1H3,(H,21,24)(H,22,23);1-7H,8,15H2,(H,16,17);5,7H,3-4H2,1-2H3,(H,8,9). The van der Waals surface area contributed by atoms with Crippen LogP contribution in [-0.2, 0) is 28.8 Å². The number of nitrogen functional groups attached to an aromatic ring is 1. The van der Waals surface area contributed by atoms with E-state index >= 15 is 0 Å². The second-order valence-electron chi connectivity index (χ2n) is 18.4. The molecule has 428 valence electrons. The summed E-state index contributed by atoms with van der Waals surface area (Å²) in [4.78, 5) is 74.6. The minimum atomic E-state index is -0.764. The molecule has 3 atom stereocenters. The zero-order valence-corrected chi connectivity index (χ0v) is 48.2. The van der Waals surface area contributed by atoms with Crippen LogP contribution in [0.1, 0.15) is 59.3 Å². The summed E-state index contributed by atoms with van der Waals surface area (Å²) in [5, 5.41) is 28.3. The summed E-state index contributed by atoms with van der Waals surface area (Å²) >= 11 is 4.72. The lowest BCUT2D eigenvalue weighted by Crippen LogP contribution is -2.38. The highest BCUT2D eigenvalue weighted by Gasteiger charge is 2.21. The molecule has 6 aromatic rings. The van der Waals surface area contributed by atoms with Crippen molar-refractivity contribution in [2.45, 2.75) is 107 Å². The van der Waals surface area contributed by atoms with Gasteiger partial charge in [-0.25, -0.2) is 0 Å². The number of hydrogen-bond acceptors (Lipinski definition) is 16. The quantitative estimate of drug-likeness (QED) is 0.0338. The largest absolute Gasteiger partial charge is 0.482 e. The highest BCUT2D eigenvalue weighted by molar-refractivity contribution is 7.99. The molecule has 0 saturated heterocycles. The van der Waals surface area contributed by atoms with Gasteiger partial charge in [0.2, 0.25) is 11.8 Å². The summed E-state index contributed by atoms with van der Waals surface area (Å²) in [5.41, 5.74) is 15.9. The van der Waals surface area contributed by atoms with Gasteiger partial charge in [-0.15, -0.1) is 0 Å². The SMILES string of the molecule is CCCC(N)C(=O)Nc1cccc(Sc2ccc3c(c2)OCC(=O)N3)c1.CCCC(NC)C(=O)Nc1cccc(Sc2ccc3c(c2)OCC(=O)N3)c1.CCCC(NC)C(=O)O.Nc1cccc(Sc2ccc3c(c2)OCC(=O)N3)c1. The average molecular weight is 1160 g/mol. The van der Waals surface area contributed by atoms with E-state index in [1.54, 1.807) is 49.4 Å². The van der Waals surface area contributed by atoms with Crippen molar-refractivity contribution in [2.24, 2.45) is 5.73 Å². The van der Waals surface area contributed by atoms with Gasteiger partial charge >= 0.3 is 5.97 Å². The van der Waals surface area contributed by atoms with Gasteiger partial charge in [0.25, 0.3) is 17.7 Å². The lowest BCUT2D eigenvalue weighted by atomic mass is 10.1. The molecule has 3 heterocycles. The fourth-order valence-corrected chi connectivity index (χ4v) is 10.6. The number of hydrogen-bond donors (Lipinski definition) is 10. The first kappa shape index (κ1) is 62.5. The van der Waals surface area contributed by atoms with Crippen molar-refractivity contribution in [1.82, 2.24) is 10.6 Å². The number of carbonyl (C=O) groups excluding carboxylic acids is 5. The maximum atomic E-state index is 12.4. The van der Waals surface area contributed by atoms with Crippen LogP contribution >= 0.6 is 35.3 Å². The van der Waals surface area contributed by atoms with Gasteiger partial charge in [0.05, 0.1) is 29.1 Å². The van der Waals surface area contributed by atoms with Crippen LogP contribution in [0.4, 0.5) is 34.1 Å². The molecule has 81 heavy (non-hydrogen) atoms. The van der Waals surface area contributed by atoms with E-state index < -0.39 is 12.0 Å². The molecule has 9 rings (SSSR count). The first-order valence-electron chi connectivity index (χ1n) is 26.3. The van der Waals surface area contributed by atoms with E-state index in [0.29, 0.717) is 52.8 Å². The Morgan fingerprint density at radius 3 is 1.26 bits per heavy atom. The molecular formula is C59H69N9O10S3. The van der Waals surface area contributed by atoms with Gasteiger partial charge in [-0.2, -0.15) is 0 Å². The molecule has 12 N–H and O–H groups in total. The van der Waals surface area contributed by atoms with E-state index in [0.717, 1.165) is 66.4 Å². The summed E-state index contributed by atoms with van der Waals surface area (Å²) in [5.74, 6) is 0.643. The number of benzene rings is 6. The Balaban J connectivity index is 0.000000184. The number of fused-ring (bicyclic) bond motifs is 3. The normalized spacial score (nSPS) is 13.7. The Labute approximate surface area is 484 Å². The number of nitrogens with one attached hydrogen (secondary N) is 7. The number of anilines is 6. The maximum absolute atomic E-state index is 12.4. The number of carboxylic acid groups (broad SMARTS) is 1. The van der Waals surface area contributed by atoms with E-state index in [9.17, 15) is 28.8 Å². The summed E-state index contributed by atoms with van der Waals surface area (Å²) in [6.07, 6.45) is 4.86. The van der Waals surface area contributed by atoms with Crippen LogP contribution in [0.3, 0.4) is 0 Å². The number of likely N-dealkylation sites (N-methyl/N-ethyl adjacent to an activating group) is 2. The van der Waals surface area contributed by atoms with Crippen molar-refractivity contribution in [1.29, 1.82) is 0 Å². The molecule has 0 spiro atoms. The van der Waals surface area contributed by atoms with Crippen LogP contribution in [0, 0.1) is 0 Å². The predicted octanol–water partition coefficient (Wildman–Crippen LogP) is 9.94. The number of amides is 5. The van der Waals surface area contributed by atoms with Crippen molar-refractivity contribution in [2.75, 3.05) is 66.2 Å². The van der Waals surface area contributed by atoms with Crippen LogP contribution in [0.5, 0.6) is 17.2 Å². The Morgan fingerprint density at radius 1 is 0.519 bits per heavy atom. The number of ether oxygens (including phenoxy) is 3. The van der Waals surface area contributed by atoms with E-state index in [4.69, 9.17) is 30.8 Å². The van der Waals surface area contributed by atoms with Crippen molar-refractivity contribution < 1.29 is 48.1 Å². The van der Waals surface area contributed by atoms with E-state index in [1.807, 2.05) is 141 Å². The smallest absolute Gasteiger partial charge is 0.320 e. The van der Waals surface area contributed by atoms with Gasteiger partial charge in [0, 0.05) is 46.4 Å². The second-order valence-corrected chi connectivity index (χ2v) is 21.8. The van der Waals surface area contributed by atoms with Gasteiger partial charge in [-0.3, -0.25) is 28.8 Å². The molecule has 0 aromatic heterocycles. The monoisotopic (exact) mass is 1160 g/mol. The first-order chi connectivity index (χ1) is 39.1. The van der Waals surface area contributed by atoms with Gasteiger partial charge < -0.3 is 68.0 Å². The first-order valence-corrected chi connectivity index (χ1v) is 28.8. The number of aliphatic carboxylic acids is 1. The molecule has 6 aromatic carbocycles. The van der Waals surface area contributed by atoms with Crippen LogP contribution in [0.15, 0.2) is 157 Å². The molecule has 3 aliphatic heterocycles. The number of rotatable bonds is 19. The third kappa shape index (κ3) is 20.1. The lowest BCUT2D eigenvalue weighted by Gasteiger charge is -2.18. The van der Waals surface area contributed by atoms with Gasteiger partial charge in [0.1, 0.15) is 23.3 Å². The summed E-state index contributed by atoms with van der Waals surface area (Å²) in [6.45, 7) is 6.15. The fraction of sp³-hybridized carbons (Fsp3) is 0.288. The van der Waals surface area contributed by atoms with E-state index in [-0.39, 0.29) is 61.4 Å². The van der Waals surface area contributed by atoms with Crippen LogP contribution < -0.4 is 62.9 Å². The van der Waals surface area contributed by atoms with E-state index in [1.165, 1.54) is 0 Å². The zero-order valence-electron chi connectivity index (χ0n) is 45.7. The molecular weight excluding hydrogens is 1090 g/mol. The van der Waals surface area contributed by atoms with Gasteiger partial charge in [-0.05, 0) is 143 Å². The Bertz CT molecular complexity index is 3150. The summed E-state index contributed by atoms with van der Waals surface area (Å²) in [6, 6.07) is 39.0. The number of carbonyl (C=O) groups is 6. The molecule has 0 aliphatic carbocycles. The zero-order chi connectivity index (χ0) is 58.3. The Kier molecular flexibility index (Phi) is 24.6. The molecule has 3 unspecified atom stereocenters. The maximum Gasteiger partial charge on any atom is 0.320 e. The van der Waals surface area contributed by atoms with Crippen molar-refractivity contribution >= 4 is 105 Å². The van der Waals surface area contributed by atoms with Gasteiger partial charge in [0.15, 0.2) is 19.8 Å². The topological polar surface area (TPSA) is 287 Å². The third-order valence-electron chi connectivity index (χ3n) is 11.9. The minimum Gasteiger partial charge on any atom is -0.482 e. The van der Waals surface area contributed by atoms with E-state index in [2.05, 4.69) is 44.1 Å². The molecule has 0 saturated carbocycles. The Morgan fingerprint density at radius 2 is 0.889 bits per heavy atom. The third-order valence-corrected chi connectivity index (χ3v) is 14.9. The van der Waals surface area contributed by atoms with Crippen molar-refractivity contribution in [3.05, 3.63) is 127 Å². The average Bonchev–Trinajstić information content (AvgIpc) is 3.47. The fourth-order valence-electron chi connectivity index (χ4n) is 7.90. The summed E-state index contributed by atoms with van der Waals surface area (Å²) in [7, 11) is 3.46. The summed E-state index contributed by atoms with van der Waals surface area (Å²) < 4.78 is 16.3. The highest BCUT2D eigenvalue weighted by Crippen LogP contribution is 2.39. The molecule has 0 fully saturated rings. The van der Waals surface area contributed by atoms with Gasteiger partial charge in [-0.1, -0.05) is 93.5 Å². The second kappa shape index (κ2) is 31.9. The molecule has 0 radical (unpaired) electrons. The molecule has 19 nitrogen and oxygen atoms in total. The number of nitrogens with two attached hydrogens (primary N) is 2. The Hall–Kier alpha value is -7.73. The van der Waals surface area contributed by atoms with Crippen LogP contribution in [0.2, 0.25) is 0 Å². The highest BCUT2D eigenvalue weighted by atomic mass is 32.2. The van der Waals surface area contributed by atoms with Crippen molar-refractivity contribution in [3.63, 3.8) is 0 Å². The lowest BCUT2D eigenvalue weighted by molar-refractivity contribution is -0.139. The molecule has 22 heteroatoms. The molecule has 3 aliphatic rings. The number of carboxylic acids is 1. The van der Waals surface area contributed by atoms with Crippen LogP contribution in [-0.4, -0.2) is 92.7 Å². The molecule has 0 bridgehead atoms. The predicted molar refractivity (Wildman–Crippen MR) is 321 cm³/mol. The molecule has 5 amide bonds.